The molecule has 2 aromatic carbocycles. The number of aromatic nitrogens is 2. The quantitative estimate of drug-likeness (QED) is 0.645. The number of rotatable bonds is 5. The van der Waals surface area contributed by atoms with Crippen LogP contribution in [0.5, 0.6) is 0 Å². The molecule has 0 radical (unpaired) electrons. The minimum Gasteiger partial charge on any atom is -0.339 e. The number of halogens is 1. The maximum Gasteiger partial charge on any atom is 0.267 e. The Morgan fingerprint density at radius 2 is 1.70 bits per heavy atom. The van der Waals surface area contributed by atoms with Gasteiger partial charge in [0.2, 0.25) is 5.91 Å². The topological polar surface area (TPSA) is 84.3 Å². The summed E-state index contributed by atoms with van der Waals surface area (Å²) in [4.78, 5) is 39.5. The summed E-state index contributed by atoms with van der Waals surface area (Å²) in [7, 11) is 0. The molecule has 0 bridgehead atoms. The van der Waals surface area contributed by atoms with Crippen LogP contribution in [0.3, 0.4) is 0 Å². The van der Waals surface area contributed by atoms with Crippen LogP contribution in [0.1, 0.15) is 36.0 Å². The van der Waals surface area contributed by atoms with Crippen LogP contribution in [0.25, 0.3) is 11.3 Å². The van der Waals surface area contributed by atoms with E-state index in [1.165, 1.54) is 18.2 Å². The average molecular weight is 448 g/mol. The summed E-state index contributed by atoms with van der Waals surface area (Å²) < 4.78 is 15.1. The second-order valence-electron chi connectivity index (χ2n) is 8.03. The molecule has 1 aliphatic heterocycles. The van der Waals surface area contributed by atoms with Gasteiger partial charge in [-0.25, -0.2) is 9.07 Å². The monoisotopic (exact) mass is 448 g/mol. The summed E-state index contributed by atoms with van der Waals surface area (Å²) in [5.41, 5.74) is 0.984. The SMILES string of the molecule is O=C(Cn1nc(-c2ccccc2F)ccc1=O)Nc1cccc(C(=O)N2CCCCCC2)c1. The molecule has 7 nitrogen and oxygen atoms in total. The lowest BCUT2D eigenvalue weighted by Crippen LogP contribution is -2.32. The molecule has 8 heteroatoms. The van der Waals surface area contributed by atoms with Crippen molar-refractivity contribution in [2.24, 2.45) is 0 Å². The molecule has 1 N–H and O–H groups in total. The van der Waals surface area contributed by atoms with E-state index >= 15 is 0 Å². The highest BCUT2D eigenvalue weighted by Crippen LogP contribution is 2.19. The van der Waals surface area contributed by atoms with Crippen molar-refractivity contribution >= 4 is 17.5 Å². The van der Waals surface area contributed by atoms with Crippen LogP contribution in [-0.4, -0.2) is 39.6 Å². The summed E-state index contributed by atoms with van der Waals surface area (Å²) in [6.45, 7) is 1.14. The Balaban J connectivity index is 1.47. The minimum absolute atomic E-state index is 0.0523. The Hall–Kier alpha value is -3.81. The molecule has 170 valence electrons. The number of benzene rings is 2. The smallest absolute Gasteiger partial charge is 0.267 e. The fourth-order valence-electron chi connectivity index (χ4n) is 3.90. The molecule has 1 fully saturated rings. The Kier molecular flexibility index (Phi) is 6.92. The molecule has 1 saturated heterocycles. The molecular formula is C25H25FN4O3. The van der Waals surface area contributed by atoms with Gasteiger partial charge in [-0.05, 0) is 49.2 Å². The predicted octanol–water partition coefficient (Wildman–Crippen LogP) is 3.70. The zero-order chi connectivity index (χ0) is 23.2. The fraction of sp³-hybridized carbons (Fsp3) is 0.280. The van der Waals surface area contributed by atoms with E-state index in [1.54, 1.807) is 42.5 Å². The highest BCUT2D eigenvalue weighted by atomic mass is 19.1. The van der Waals surface area contributed by atoms with Gasteiger partial charge in [0, 0.05) is 36.0 Å². The Morgan fingerprint density at radius 1 is 0.939 bits per heavy atom. The van der Waals surface area contributed by atoms with E-state index in [0.29, 0.717) is 11.3 Å². The molecule has 1 aliphatic rings. The summed E-state index contributed by atoms with van der Waals surface area (Å²) in [5, 5.41) is 6.86. The molecule has 0 saturated carbocycles. The van der Waals surface area contributed by atoms with E-state index in [-0.39, 0.29) is 23.7 Å². The van der Waals surface area contributed by atoms with Gasteiger partial charge in [-0.15, -0.1) is 0 Å². The van der Waals surface area contributed by atoms with Crippen molar-refractivity contribution in [2.75, 3.05) is 18.4 Å². The first-order valence-corrected chi connectivity index (χ1v) is 11.0. The molecule has 0 atom stereocenters. The summed E-state index contributed by atoms with van der Waals surface area (Å²) >= 11 is 0. The molecule has 2 heterocycles. The van der Waals surface area contributed by atoms with Crippen molar-refractivity contribution in [1.29, 1.82) is 0 Å². The van der Waals surface area contributed by atoms with Gasteiger partial charge in [0.25, 0.3) is 11.5 Å². The lowest BCUT2D eigenvalue weighted by molar-refractivity contribution is -0.117. The number of nitrogens with one attached hydrogen (secondary N) is 1. The number of hydrogen-bond acceptors (Lipinski definition) is 4. The van der Waals surface area contributed by atoms with E-state index in [9.17, 15) is 18.8 Å². The van der Waals surface area contributed by atoms with Gasteiger partial charge in [-0.3, -0.25) is 14.4 Å². The van der Waals surface area contributed by atoms with Crippen molar-refractivity contribution in [1.82, 2.24) is 14.7 Å². The predicted molar refractivity (Wildman–Crippen MR) is 123 cm³/mol. The zero-order valence-corrected chi connectivity index (χ0v) is 18.2. The maximum absolute atomic E-state index is 14.1. The third-order valence-corrected chi connectivity index (χ3v) is 5.60. The van der Waals surface area contributed by atoms with Crippen LogP contribution in [0.4, 0.5) is 10.1 Å². The average Bonchev–Trinajstić information content (AvgIpc) is 3.10. The molecule has 0 unspecified atom stereocenters. The molecule has 33 heavy (non-hydrogen) atoms. The molecule has 3 aromatic rings. The van der Waals surface area contributed by atoms with Gasteiger partial charge in [0.15, 0.2) is 0 Å². The third kappa shape index (κ3) is 5.52. The summed E-state index contributed by atoms with van der Waals surface area (Å²) in [5.74, 6) is -0.997. The van der Waals surface area contributed by atoms with Crippen LogP contribution in [0.2, 0.25) is 0 Å². The van der Waals surface area contributed by atoms with E-state index in [4.69, 9.17) is 0 Å². The molecule has 0 aliphatic carbocycles. The van der Waals surface area contributed by atoms with E-state index < -0.39 is 17.3 Å². The normalized spacial score (nSPS) is 13.9. The summed E-state index contributed by atoms with van der Waals surface area (Å²) in [6, 6.07) is 15.5. The fourth-order valence-corrected chi connectivity index (χ4v) is 3.90. The number of hydrogen-bond donors (Lipinski definition) is 1. The van der Waals surface area contributed by atoms with Crippen molar-refractivity contribution in [3.05, 3.63) is 82.4 Å². The largest absolute Gasteiger partial charge is 0.339 e. The Bertz CT molecular complexity index is 1220. The van der Waals surface area contributed by atoms with Crippen molar-refractivity contribution < 1.29 is 14.0 Å². The zero-order valence-electron chi connectivity index (χ0n) is 18.2. The molecule has 1 aromatic heterocycles. The van der Waals surface area contributed by atoms with Crippen LogP contribution >= 0.6 is 0 Å². The standard InChI is InChI=1S/C25H25FN4O3/c26-21-11-4-3-10-20(21)22-12-13-24(32)30(28-22)17-23(31)27-19-9-7-8-18(16-19)25(33)29-14-5-1-2-6-15-29/h3-4,7-13,16H,1-2,5-6,14-15,17H2,(H,27,31). The maximum atomic E-state index is 14.1. The van der Waals surface area contributed by atoms with Crippen molar-refractivity contribution in [2.45, 2.75) is 32.2 Å². The van der Waals surface area contributed by atoms with Gasteiger partial charge in [0.05, 0.1) is 5.69 Å². The molecule has 2 amide bonds. The van der Waals surface area contributed by atoms with Gasteiger partial charge < -0.3 is 10.2 Å². The first kappa shape index (κ1) is 22.4. The van der Waals surface area contributed by atoms with E-state index in [0.717, 1.165) is 43.5 Å². The third-order valence-electron chi connectivity index (χ3n) is 5.60. The van der Waals surface area contributed by atoms with Gasteiger partial charge in [-0.1, -0.05) is 31.0 Å². The number of anilines is 1. The van der Waals surface area contributed by atoms with E-state index in [1.807, 2.05) is 4.90 Å². The van der Waals surface area contributed by atoms with Crippen molar-refractivity contribution in [3.63, 3.8) is 0 Å². The Labute approximate surface area is 190 Å². The van der Waals surface area contributed by atoms with E-state index in [2.05, 4.69) is 10.4 Å². The lowest BCUT2D eigenvalue weighted by atomic mass is 10.1. The first-order chi connectivity index (χ1) is 16.0. The van der Waals surface area contributed by atoms with Gasteiger partial charge >= 0.3 is 0 Å². The highest BCUT2D eigenvalue weighted by molar-refractivity contribution is 5.97. The second-order valence-corrected chi connectivity index (χ2v) is 8.03. The van der Waals surface area contributed by atoms with Gasteiger partial charge in [-0.2, -0.15) is 5.10 Å². The number of carbonyl (C=O) groups is 2. The van der Waals surface area contributed by atoms with Crippen LogP contribution in [-0.2, 0) is 11.3 Å². The number of carbonyl (C=O) groups excluding carboxylic acids is 2. The number of nitrogens with zero attached hydrogens (tertiary/aromatic N) is 3. The van der Waals surface area contributed by atoms with Crippen molar-refractivity contribution in [3.8, 4) is 11.3 Å². The first-order valence-electron chi connectivity index (χ1n) is 11.0. The van der Waals surface area contributed by atoms with Crippen LogP contribution in [0.15, 0.2) is 65.5 Å². The molecular weight excluding hydrogens is 423 g/mol. The minimum atomic E-state index is -0.477. The highest BCUT2D eigenvalue weighted by Gasteiger charge is 2.18. The van der Waals surface area contributed by atoms with Gasteiger partial charge in [0.1, 0.15) is 12.4 Å². The van der Waals surface area contributed by atoms with Crippen LogP contribution < -0.4 is 10.9 Å². The Morgan fingerprint density at radius 3 is 2.45 bits per heavy atom. The van der Waals surface area contributed by atoms with Crippen LogP contribution in [0, 0.1) is 5.82 Å². The lowest BCUT2D eigenvalue weighted by Gasteiger charge is -2.20. The number of amides is 2. The molecule has 0 spiro atoms. The summed E-state index contributed by atoms with van der Waals surface area (Å²) in [6.07, 6.45) is 4.25. The molecule has 4 rings (SSSR count). The second kappa shape index (κ2) is 10.2. The number of likely N-dealkylation sites (tertiary alicyclic amines) is 1.